The molecule has 0 radical (unpaired) electrons. The summed E-state index contributed by atoms with van der Waals surface area (Å²) in [5.41, 5.74) is 0.548. The smallest absolute Gasteiger partial charge is 0.226 e. The molecule has 102 valence electrons. The van der Waals surface area contributed by atoms with E-state index >= 15 is 0 Å². The molecule has 2 rings (SSSR count). The first-order chi connectivity index (χ1) is 9.58. The first-order valence-corrected chi connectivity index (χ1v) is 6.96. The van der Waals surface area contributed by atoms with Gasteiger partial charge in [0.2, 0.25) is 5.91 Å². The van der Waals surface area contributed by atoms with E-state index in [1.807, 2.05) is 6.07 Å². The van der Waals surface area contributed by atoms with Crippen LogP contribution < -0.4 is 5.32 Å². The molecule has 1 heterocycles. The van der Waals surface area contributed by atoms with E-state index in [0.29, 0.717) is 9.90 Å². The maximum Gasteiger partial charge on any atom is 0.226 e. The van der Waals surface area contributed by atoms with Crippen LogP contribution in [0.15, 0.2) is 36.4 Å². The van der Waals surface area contributed by atoms with Gasteiger partial charge in [-0.3, -0.25) is 4.79 Å². The van der Waals surface area contributed by atoms with Crippen molar-refractivity contribution in [2.75, 3.05) is 0 Å². The summed E-state index contributed by atoms with van der Waals surface area (Å²) in [6.07, 6.45) is 0.163. The summed E-state index contributed by atoms with van der Waals surface area (Å²) in [5, 5.41) is 11.7. The molecule has 1 atom stereocenters. The van der Waals surface area contributed by atoms with E-state index in [1.54, 1.807) is 12.1 Å². The van der Waals surface area contributed by atoms with E-state index in [0.717, 1.165) is 4.88 Å². The average Bonchev–Trinajstić information content (AvgIpc) is 2.82. The molecule has 0 saturated heterocycles. The van der Waals surface area contributed by atoms with Crippen LogP contribution in [0, 0.1) is 17.1 Å². The zero-order valence-electron chi connectivity index (χ0n) is 10.3. The van der Waals surface area contributed by atoms with Crippen LogP contribution in [0.2, 0.25) is 4.34 Å². The van der Waals surface area contributed by atoms with Crippen molar-refractivity contribution in [3.8, 4) is 6.07 Å². The lowest BCUT2D eigenvalue weighted by Gasteiger charge is -2.11. The van der Waals surface area contributed by atoms with Crippen LogP contribution in [0.25, 0.3) is 0 Å². The van der Waals surface area contributed by atoms with E-state index in [4.69, 9.17) is 16.9 Å². The molecule has 0 fully saturated rings. The van der Waals surface area contributed by atoms with Gasteiger partial charge >= 0.3 is 0 Å². The molecule has 2 aromatic rings. The van der Waals surface area contributed by atoms with Gasteiger partial charge in [-0.05, 0) is 29.8 Å². The number of hydrogen-bond acceptors (Lipinski definition) is 3. The van der Waals surface area contributed by atoms with Crippen LogP contribution in [0.1, 0.15) is 16.5 Å². The number of rotatable bonds is 4. The van der Waals surface area contributed by atoms with Gasteiger partial charge in [-0.25, -0.2) is 4.39 Å². The van der Waals surface area contributed by atoms with E-state index in [1.165, 1.54) is 35.6 Å². The highest BCUT2D eigenvalue weighted by molar-refractivity contribution is 7.16. The zero-order chi connectivity index (χ0) is 14.5. The van der Waals surface area contributed by atoms with Gasteiger partial charge in [0.15, 0.2) is 0 Å². The third kappa shape index (κ3) is 3.80. The normalized spacial score (nSPS) is 11.7. The Bertz CT molecular complexity index is 648. The van der Waals surface area contributed by atoms with Gasteiger partial charge in [0.1, 0.15) is 11.9 Å². The number of halogens is 2. The van der Waals surface area contributed by atoms with Crippen LogP contribution in [-0.4, -0.2) is 5.91 Å². The van der Waals surface area contributed by atoms with Crippen LogP contribution in [0.5, 0.6) is 0 Å². The third-order valence-corrected chi connectivity index (χ3v) is 3.83. The maximum absolute atomic E-state index is 12.8. The van der Waals surface area contributed by atoms with Crippen molar-refractivity contribution in [1.29, 1.82) is 5.26 Å². The summed E-state index contributed by atoms with van der Waals surface area (Å²) in [5.74, 6) is -0.663. The minimum Gasteiger partial charge on any atom is -0.336 e. The molecule has 1 aromatic carbocycles. The number of amides is 1. The Labute approximate surface area is 124 Å². The number of benzene rings is 1. The van der Waals surface area contributed by atoms with Crippen LogP contribution in [0.3, 0.4) is 0 Å². The Morgan fingerprint density at radius 2 is 2.05 bits per heavy atom. The minimum atomic E-state index is -0.793. The first kappa shape index (κ1) is 14.5. The van der Waals surface area contributed by atoms with Crippen LogP contribution >= 0.6 is 22.9 Å². The average molecular weight is 309 g/mol. The van der Waals surface area contributed by atoms with Crippen LogP contribution in [-0.2, 0) is 11.2 Å². The molecule has 6 heteroatoms. The number of nitrogens with zero attached hydrogens (tertiary/aromatic N) is 1. The summed E-state index contributed by atoms with van der Waals surface area (Å²) < 4.78 is 13.4. The molecule has 1 amide bonds. The first-order valence-electron chi connectivity index (χ1n) is 5.77. The second-order valence-electron chi connectivity index (χ2n) is 4.06. The van der Waals surface area contributed by atoms with E-state index in [2.05, 4.69) is 5.32 Å². The van der Waals surface area contributed by atoms with Gasteiger partial charge in [0.25, 0.3) is 0 Å². The lowest BCUT2D eigenvalue weighted by molar-refractivity contribution is -0.120. The molecular formula is C14H10ClFN2OS. The minimum absolute atomic E-state index is 0.163. The summed E-state index contributed by atoms with van der Waals surface area (Å²) >= 11 is 7.11. The lowest BCUT2D eigenvalue weighted by atomic mass is 10.1. The lowest BCUT2D eigenvalue weighted by Crippen LogP contribution is -2.28. The maximum atomic E-state index is 12.8. The molecule has 3 nitrogen and oxygen atoms in total. The fourth-order valence-electron chi connectivity index (χ4n) is 1.66. The predicted octanol–water partition coefficient (Wildman–Crippen LogP) is 3.46. The Balaban J connectivity index is 2.01. The fourth-order valence-corrected chi connectivity index (χ4v) is 2.75. The van der Waals surface area contributed by atoms with Gasteiger partial charge < -0.3 is 5.32 Å². The Morgan fingerprint density at radius 3 is 2.60 bits per heavy atom. The summed E-state index contributed by atoms with van der Waals surface area (Å²) in [7, 11) is 0. The van der Waals surface area contributed by atoms with E-state index in [9.17, 15) is 9.18 Å². The van der Waals surface area contributed by atoms with Gasteiger partial charge in [-0.1, -0.05) is 23.7 Å². The quantitative estimate of drug-likeness (QED) is 0.940. The monoisotopic (exact) mass is 308 g/mol. The van der Waals surface area contributed by atoms with Crippen molar-refractivity contribution in [3.63, 3.8) is 0 Å². The molecular weight excluding hydrogens is 299 g/mol. The topological polar surface area (TPSA) is 52.9 Å². The summed E-state index contributed by atoms with van der Waals surface area (Å²) in [6.45, 7) is 0. The van der Waals surface area contributed by atoms with Gasteiger partial charge in [-0.15, -0.1) is 11.3 Å². The largest absolute Gasteiger partial charge is 0.336 e. The molecule has 1 unspecified atom stereocenters. The number of carbonyl (C=O) groups excluding carboxylic acids is 1. The second-order valence-corrected chi connectivity index (χ2v) is 5.86. The SMILES string of the molecule is N#CC(NC(=O)Cc1ccc(Cl)s1)c1ccc(F)cc1. The van der Waals surface area contributed by atoms with Crippen molar-refractivity contribution in [1.82, 2.24) is 5.32 Å². The molecule has 0 aliphatic rings. The highest BCUT2D eigenvalue weighted by Crippen LogP contribution is 2.22. The standard InChI is InChI=1S/C14H10ClFN2OS/c15-13-6-5-11(20-13)7-14(19)18-12(8-17)9-1-3-10(16)4-2-9/h1-6,12H,7H2,(H,18,19). The summed E-state index contributed by atoms with van der Waals surface area (Å²) in [6, 6.07) is 10.1. The number of nitriles is 1. The van der Waals surface area contributed by atoms with Crippen molar-refractivity contribution in [2.24, 2.45) is 0 Å². The van der Waals surface area contributed by atoms with Crippen molar-refractivity contribution >= 4 is 28.8 Å². The molecule has 0 saturated carbocycles. The fraction of sp³-hybridized carbons (Fsp3) is 0.143. The Morgan fingerprint density at radius 1 is 1.35 bits per heavy atom. The van der Waals surface area contributed by atoms with Gasteiger partial charge in [-0.2, -0.15) is 5.26 Å². The molecule has 0 bridgehead atoms. The van der Waals surface area contributed by atoms with Crippen molar-refractivity contribution < 1.29 is 9.18 Å². The zero-order valence-corrected chi connectivity index (χ0v) is 11.8. The highest BCUT2D eigenvalue weighted by atomic mass is 35.5. The van der Waals surface area contributed by atoms with E-state index in [-0.39, 0.29) is 18.1 Å². The van der Waals surface area contributed by atoms with Crippen molar-refractivity contribution in [3.05, 3.63) is 57.0 Å². The van der Waals surface area contributed by atoms with Gasteiger partial charge in [0.05, 0.1) is 16.8 Å². The van der Waals surface area contributed by atoms with E-state index < -0.39 is 6.04 Å². The van der Waals surface area contributed by atoms with Crippen LogP contribution in [0.4, 0.5) is 4.39 Å². The molecule has 20 heavy (non-hydrogen) atoms. The number of nitrogens with one attached hydrogen (secondary N) is 1. The van der Waals surface area contributed by atoms with Gasteiger partial charge in [0, 0.05) is 4.88 Å². The molecule has 0 aliphatic heterocycles. The predicted molar refractivity (Wildman–Crippen MR) is 75.9 cm³/mol. The molecule has 0 aliphatic carbocycles. The third-order valence-electron chi connectivity index (χ3n) is 2.60. The molecule has 0 spiro atoms. The van der Waals surface area contributed by atoms with Crippen molar-refractivity contribution in [2.45, 2.75) is 12.5 Å². The Hall–Kier alpha value is -1.90. The second kappa shape index (κ2) is 6.51. The highest BCUT2D eigenvalue weighted by Gasteiger charge is 2.14. The number of carbonyl (C=O) groups is 1. The number of thiophene rings is 1. The Kier molecular flexibility index (Phi) is 4.72. The number of hydrogen-bond donors (Lipinski definition) is 1. The molecule has 1 aromatic heterocycles. The summed E-state index contributed by atoms with van der Waals surface area (Å²) in [4.78, 5) is 12.7. The molecule has 1 N–H and O–H groups in total.